The van der Waals surface area contributed by atoms with E-state index in [9.17, 15) is 0 Å². The molecule has 0 atom stereocenters. The van der Waals surface area contributed by atoms with E-state index in [4.69, 9.17) is 9.47 Å². The Balaban J connectivity index is 1.68. The summed E-state index contributed by atoms with van der Waals surface area (Å²) in [6.45, 7) is 8.58. The molecule has 2 aromatic rings. The molecule has 142 valence electrons. The van der Waals surface area contributed by atoms with Gasteiger partial charge in [0.2, 0.25) is 0 Å². The van der Waals surface area contributed by atoms with E-state index in [1.807, 2.05) is 12.1 Å². The summed E-state index contributed by atoms with van der Waals surface area (Å²) >= 11 is 0. The molecule has 0 aliphatic rings. The van der Waals surface area contributed by atoms with Crippen LogP contribution in [0.4, 0.5) is 5.69 Å². The molecular weight excluding hydrogens is 322 g/mol. The van der Waals surface area contributed by atoms with E-state index in [1.165, 1.54) is 36.8 Å². The molecule has 1 N–H and O–H groups in total. The van der Waals surface area contributed by atoms with Crippen LogP contribution < -0.4 is 14.8 Å². The minimum Gasteiger partial charge on any atom is -0.494 e. The second kappa shape index (κ2) is 11.5. The molecular formula is C23H33NO2. The van der Waals surface area contributed by atoms with Crippen molar-refractivity contribution >= 4 is 5.69 Å². The van der Waals surface area contributed by atoms with Gasteiger partial charge in [-0.1, -0.05) is 50.8 Å². The van der Waals surface area contributed by atoms with Crippen molar-refractivity contribution in [2.75, 3.05) is 25.1 Å². The van der Waals surface area contributed by atoms with Gasteiger partial charge in [0.25, 0.3) is 0 Å². The number of nitrogens with one attached hydrogen (secondary N) is 1. The molecule has 2 rings (SSSR count). The van der Waals surface area contributed by atoms with Crippen LogP contribution in [0.3, 0.4) is 0 Å². The second-order valence-electron chi connectivity index (χ2n) is 6.83. The van der Waals surface area contributed by atoms with Crippen molar-refractivity contribution in [3.05, 3.63) is 53.6 Å². The number of rotatable bonds is 12. The molecule has 0 saturated heterocycles. The highest BCUT2D eigenvalue weighted by Gasteiger charge is 2.01. The molecule has 0 aromatic heterocycles. The van der Waals surface area contributed by atoms with Gasteiger partial charge in [0.1, 0.15) is 18.1 Å². The van der Waals surface area contributed by atoms with Gasteiger partial charge < -0.3 is 14.8 Å². The van der Waals surface area contributed by atoms with E-state index in [1.54, 1.807) is 0 Å². The zero-order valence-corrected chi connectivity index (χ0v) is 16.5. The van der Waals surface area contributed by atoms with Crippen molar-refractivity contribution < 1.29 is 9.47 Å². The Morgan fingerprint density at radius 2 is 1.69 bits per heavy atom. The summed E-state index contributed by atoms with van der Waals surface area (Å²) in [5.74, 6) is 1.90. The van der Waals surface area contributed by atoms with E-state index < -0.39 is 0 Å². The van der Waals surface area contributed by atoms with E-state index in [0.29, 0.717) is 6.61 Å². The summed E-state index contributed by atoms with van der Waals surface area (Å²) < 4.78 is 11.7. The largest absolute Gasteiger partial charge is 0.494 e. The lowest BCUT2D eigenvalue weighted by Gasteiger charge is -2.12. The van der Waals surface area contributed by atoms with Crippen LogP contribution in [-0.4, -0.2) is 19.8 Å². The predicted octanol–water partition coefficient (Wildman–Crippen LogP) is 6.14. The predicted molar refractivity (Wildman–Crippen MR) is 111 cm³/mol. The lowest BCUT2D eigenvalue weighted by atomic mass is 10.1. The molecule has 0 fully saturated rings. The lowest BCUT2D eigenvalue weighted by Crippen LogP contribution is -2.12. The van der Waals surface area contributed by atoms with Gasteiger partial charge in [-0.3, -0.25) is 0 Å². The number of unbranched alkanes of at least 4 members (excludes halogenated alkanes) is 4. The summed E-state index contributed by atoms with van der Waals surface area (Å²) in [4.78, 5) is 0. The second-order valence-corrected chi connectivity index (χ2v) is 6.83. The van der Waals surface area contributed by atoms with E-state index in [0.717, 1.165) is 36.8 Å². The van der Waals surface area contributed by atoms with Crippen LogP contribution in [0, 0.1) is 13.8 Å². The summed E-state index contributed by atoms with van der Waals surface area (Å²) in [7, 11) is 0. The molecule has 0 bridgehead atoms. The normalized spacial score (nSPS) is 10.6. The van der Waals surface area contributed by atoms with Gasteiger partial charge in [0.15, 0.2) is 0 Å². The summed E-state index contributed by atoms with van der Waals surface area (Å²) in [6, 6.07) is 14.5. The molecule has 0 radical (unpaired) electrons. The van der Waals surface area contributed by atoms with Crippen LogP contribution in [0.5, 0.6) is 11.5 Å². The Morgan fingerprint density at radius 3 is 2.54 bits per heavy atom. The Bertz CT molecular complexity index is 654. The maximum Gasteiger partial charge on any atom is 0.122 e. The minimum absolute atomic E-state index is 0.632. The number of hydrogen-bond donors (Lipinski definition) is 1. The van der Waals surface area contributed by atoms with Crippen molar-refractivity contribution in [1.29, 1.82) is 0 Å². The van der Waals surface area contributed by atoms with Crippen molar-refractivity contribution in [2.45, 2.75) is 52.9 Å². The topological polar surface area (TPSA) is 30.5 Å². The highest BCUT2D eigenvalue weighted by Crippen LogP contribution is 2.20. The summed E-state index contributed by atoms with van der Waals surface area (Å²) in [5.41, 5.74) is 3.46. The maximum atomic E-state index is 5.89. The third-order valence-corrected chi connectivity index (χ3v) is 4.38. The third kappa shape index (κ3) is 7.38. The summed E-state index contributed by atoms with van der Waals surface area (Å²) in [6.07, 6.45) is 6.29. The molecule has 0 aliphatic carbocycles. The Kier molecular flexibility index (Phi) is 8.88. The SMILES string of the molecule is CCCCCCCOc1cccc(NCCOc2cc(C)ccc2C)c1. The number of aryl methyl sites for hydroxylation is 2. The van der Waals surface area contributed by atoms with Crippen LogP contribution in [0.15, 0.2) is 42.5 Å². The smallest absolute Gasteiger partial charge is 0.122 e. The molecule has 0 saturated carbocycles. The van der Waals surface area contributed by atoms with E-state index >= 15 is 0 Å². The van der Waals surface area contributed by atoms with Gasteiger partial charge in [-0.05, 0) is 49.6 Å². The van der Waals surface area contributed by atoms with Crippen LogP contribution in [-0.2, 0) is 0 Å². The first kappa shape index (κ1) is 20.2. The van der Waals surface area contributed by atoms with Crippen LogP contribution in [0.1, 0.15) is 50.2 Å². The lowest BCUT2D eigenvalue weighted by molar-refractivity contribution is 0.304. The van der Waals surface area contributed by atoms with Crippen molar-refractivity contribution in [2.24, 2.45) is 0 Å². The van der Waals surface area contributed by atoms with Gasteiger partial charge in [0, 0.05) is 18.3 Å². The van der Waals surface area contributed by atoms with Gasteiger partial charge in [-0.15, -0.1) is 0 Å². The van der Waals surface area contributed by atoms with Crippen molar-refractivity contribution in [3.63, 3.8) is 0 Å². The van der Waals surface area contributed by atoms with Gasteiger partial charge in [-0.25, -0.2) is 0 Å². The zero-order valence-electron chi connectivity index (χ0n) is 16.5. The van der Waals surface area contributed by atoms with Crippen molar-refractivity contribution in [1.82, 2.24) is 0 Å². The molecule has 0 heterocycles. The number of ether oxygens (including phenoxy) is 2. The molecule has 3 nitrogen and oxygen atoms in total. The number of benzene rings is 2. The first-order valence-electron chi connectivity index (χ1n) is 9.86. The summed E-state index contributed by atoms with van der Waals surface area (Å²) in [5, 5.41) is 3.40. The van der Waals surface area contributed by atoms with Crippen molar-refractivity contribution in [3.8, 4) is 11.5 Å². The Hall–Kier alpha value is -2.16. The quantitative estimate of drug-likeness (QED) is 0.464. The van der Waals surface area contributed by atoms with Crippen LogP contribution >= 0.6 is 0 Å². The number of anilines is 1. The maximum absolute atomic E-state index is 5.89. The average molecular weight is 356 g/mol. The molecule has 0 spiro atoms. The van der Waals surface area contributed by atoms with E-state index in [-0.39, 0.29) is 0 Å². The van der Waals surface area contributed by atoms with Crippen LogP contribution in [0.25, 0.3) is 0 Å². The highest BCUT2D eigenvalue weighted by molar-refractivity contribution is 5.48. The molecule has 0 aliphatic heterocycles. The number of hydrogen-bond acceptors (Lipinski definition) is 3. The first-order chi connectivity index (χ1) is 12.7. The average Bonchev–Trinajstić information content (AvgIpc) is 2.65. The van der Waals surface area contributed by atoms with Crippen LogP contribution in [0.2, 0.25) is 0 Å². The van der Waals surface area contributed by atoms with Gasteiger partial charge >= 0.3 is 0 Å². The molecule has 0 unspecified atom stereocenters. The molecule has 2 aromatic carbocycles. The third-order valence-electron chi connectivity index (χ3n) is 4.38. The Labute approximate surface area is 158 Å². The van der Waals surface area contributed by atoms with Gasteiger partial charge in [0.05, 0.1) is 6.61 Å². The standard InChI is InChI=1S/C23H33NO2/c1-4-5-6-7-8-15-25-22-11-9-10-21(18-22)24-14-16-26-23-17-19(2)12-13-20(23)3/h9-13,17-18,24H,4-8,14-16H2,1-3H3. The molecule has 3 heteroatoms. The fraction of sp³-hybridized carbons (Fsp3) is 0.478. The minimum atomic E-state index is 0.632. The zero-order chi connectivity index (χ0) is 18.6. The van der Waals surface area contributed by atoms with E-state index in [2.05, 4.69) is 56.4 Å². The highest BCUT2D eigenvalue weighted by atomic mass is 16.5. The first-order valence-corrected chi connectivity index (χ1v) is 9.86. The molecule has 0 amide bonds. The Morgan fingerprint density at radius 1 is 0.846 bits per heavy atom. The monoisotopic (exact) mass is 355 g/mol. The molecule has 26 heavy (non-hydrogen) atoms. The van der Waals surface area contributed by atoms with Gasteiger partial charge in [-0.2, -0.15) is 0 Å². The fourth-order valence-electron chi connectivity index (χ4n) is 2.81. The fourth-order valence-corrected chi connectivity index (χ4v) is 2.81.